The molecule has 50 heavy (non-hydrogen) atoms. The van der Waals surface area contributed by atoms with Crippen molar-refractivity contribution < 1.29 is 58.5 Å². The van der Waals surface area contributed by atoms with Crippen molar-refractivity contribution >= 4 is 17.9 Å². The second kappa shape index (κ2) is 19.4. The number of carboxylic acids is 1. The van der Waals surface area contributed by atoms with E-state index in [2.05, 4.69) is 0 Å². The number of rotatable bonds is 10. The largest absolute Gasteiger partial charge is 0.490 e. The third-order valence-electron chi connectivity index (χ3n) is 9.93. The van der Waals surface area contributed by atoms with Gasteiger partial charge < -0.3 is 44.1 Å². The molecular formula is C38H58O12. The minimum Gasteiger partial charge on any atom is -0.490 e. The molecule has 2 heterocycles. The third-order valence-corrected chi connectivity index (χ3v) is 9.93. The molecule has 0 aliphatic carbocycles. The Labute approximate surface area is 296 Å². The number of aliphatic carboxylic acids is 1. The summed E-state index contributed by atoms with van der Waals surface area (Å²) in [5.74, 6) is -7.48. The van der Waals surface area contributed by atoms with Crippen molar-refractivity contribution in [2.75, 3.05) is 14.2 Å². The Hall–Kier alpha value is -3.29. The van der Waals surface area contributed by atoms with Gasteiger partial charge in [-0.2, -0.15) is 0 Å². The van der Waals surface area contributed by atoms with Crippen molar-refractivity contribution in [3.05, 3.63) is 59.4 Å². The molecule has 2 aliphatic heterocycles. The number of allylic oxidation sites excluding steroid dienone is 5. The molecule has 0 amide bonds. The lowest BCUT2D eigenvalue weighted by atomic mass is 9.77. The summed E-state index contributed by atoms with van der Waals surface area (Å²) in [7, 11) is 2.80. The fourth-order valence-corrected chi connectivity index (χ4v) is 6.76. The molecule has 12 atom stereocenters. The van der Waals surface area contributed by atoms with Gasteiger partial charge in [-0.3, -0.25) is 0 Å². The lowest BCUT2D eigenvalue weighted by molar-refractivity contribution is -0.323. The van der Waals surface area contributed by atoms with Crippen molar-refractivity contribution in [2.24, 2.45) is 29.6 Å². The highest BCUT2D eigenvalue weighted by Crippen LogP contribution is 2.41. The standard InChI is InChI=1S/C38H58O12/c1-11-28-25(6)31(48-33(41)16-15-32(39)40)20-38(45,50-28)27(8)35(43)26(7)36-29(46-9)14-12-13-21(2)17-23(4)34(42)24(5)18-22(3)19-30(47-10)37(44)49-36/h12-16,18-19,23-29,31,34-36,42-43,45H,11,17,20H2,1-10H3,(H,39,40)/b14-12-,16-15+,21-13-,22-18-,30-19+/t23-,24+,25+,26-,27-,28+,29-,31+,34-,35+,36?,38+/m0/s1. The minimum atomic E-state index is -1.97. The Kier molecular flexibility index (Phi) is 16.6. The average Bonchev–Trinajstić information content (AvgIpc) is 3.06. The summed E-state index contributed by atoms with van der Waals surface area (Å²) >= 11 is 0. The van der Waals surface area contributed by atoms with Crippen LogP contribution in [0.3, 0.4) is 0 Å². The van der Waals surface area contributed by atoms with Crippen LogP contribution in [0.2, 0.25) is 0 Å². The molecule has 0 radical (unpaired) electrons. The van der Waals surface area contributed by atoms with Crippen LogP contribution < -0.4 is 0 Å². The Morgan fingerprint density at radius 1 is 1.14 bits per heavy atom. The van der Waals surface area contributed by atoms with E-state index in [1.54, 1.807) is 32.9 Å². The Morgan fingerprint density at radius 2 is 1.80 bits per heavy atom. The molecule has 0 aromatic rings. The van der Waals surface area contributed by atoms with Crippen molar-refractivity contribution in [1.82, 2.24) is 0 Å². The van der Waals surface area contributed by atoms with Crippen molar-refractivity contribution in [2.45, 2.75) is 117 Å². The normalized spacial score (nSPS) is 37.5. The molecule has 1 saturated heterocycles. The van der Waals surface area contributed by atoms with Crippen LogP contribution in [0.1, 0.15) is 74.7 Å². The molecule has 2 rings (SSSR count). The average molecular weight is 707 g/mol. The summed E-state index contributed by atoms with van der Waals surface area (Å²) in [4.78, 5) is 36.9. The summed E-state index contributed by atoms with van der Waals surface area (Å²) in [5, 5.41) is 43.6. The van der Waals surface area contributed by atoms with Gasteiger partial charge in [-0.05, 0) is 38.7 Å². The smallest absolute Gasteiger partial charge is 0.373 e. The van der Waals surface area contributed by atoms with Crippen LogP contribution in [-0.4, -0.2) is 95.0 Å². The van der Waals surface area contributed by atoms with Gasteiger partial charge in [-0.25, -0.2) is 14.4 Å². The quantitative estimate of drug-likeness (QED) is 0.183. The van der Waals surface area contributed by atoms with Gasteiger partial charge in [0.15, 0.2) is 5.79 Å². The zero-order valence-electron chi connectivity index (χ0n) is 31.1. The highest BCUT2D eigenvalue weighted by molar-refractivity contribution is 5.90. The van der Waals surface area contributed by atoms with Crippen LogP contribution in [-0.2, 0) is 38.1 Å². The number of carboxylic acid groups (broad SMARTS) is 1. The van der Waals surface area contributed by atoms with E-state index < -0.39 is 72.2 Å². The second-order valence-corrected chi connectivity index (χ2v) is 13.9. The van der Waals surface area contributed by atoms with E-state index in [0.717, 1.165) is 11.6 Å². The molecular weight excluding hydrogens is 648 g/mol. The van der Waals surface area contributed by atoms with Crippen LogP contribution in [0.15, 0.2) is 59.4 Å². The first-order valence-corrected chi connectivity index (χ1v) is 17.3. The predicted octanol–water partition coefficient (Wildman–Crippen LogP) is 4.64. The van der Waals surface area contributed by atoms with E-state index in [-0.39, 0.29) is 29.9 Å². The Bertz CT molecular complexity index is 1310. The van der Waals surface area contributed by atoms with Gasteiger partial charge in [0.2, 0.25) is 5.76 Å². The Morgan fingerprint density at radius 3 is 2.38 bits per heavy atom. The number of aliphatic hydroxyl groups excluding tert-OH is 2. The van der Waals surface area contributed by atoms with E-state index >= 15 is 0 Å². The number of ether oxygens (including phenoxy) is 5. The SMILES string of the molecule is CC[C@H]1O[C@@](O)([C@@H](C)[C@H](O)[C@H](C)C2OC(=O)/C(OC)=C\C(C)=C/[C@@H](C)[C@@H](O)[C@@H](C)C/C(C)=C\C=C/[C@@H]2OC)C[C@@H](OC(=O)/C=C/C(=O)O)[C@@H]1C. The zero-order chi connectivity index (χ0) is 37.9. The van der Waals surface area contributed by atoms with Gasteiger partial charge in [0, 0.05) is 49.4 Å². The van der Waals surface area contributed by atoms with Crippen molar-refractivity contribution in [3.63, 3.8) is 0 Å². The summed E-state index contributed by atoms with van der Waals surface area (Å²) in [5.41, 5.74) is 1.70. The van der Waals surface area contributed by atoms with E-state index in [1.807, 2.05) is 46.8 Å². The van der Waals surface area contributed by atoms with E-state index in [1.165, 1.54) is 20.3 Å². The zero-order valence-corrected chi connectivity index (χ0v) is 31.1. The maximum Gasteiger partial charge on any atom is 0.373 e. The molecule has 12 nitrogen and oxygen atoms in total. The number of cyclic esters (lactones) is 1. The summed E-state index contributed by atoms with van der Waals surface area (Å²) in [6.45, 7) is 14.6. The van der Waals surface area contributed by atoms with Gasteiger partial charge >= 0.3 is 17.9 Å². The van der Waals surface area contributed by atoms with Crippen molar-refractivity contribution in [3.8, 4) is 0 Å². The minimum absolute atomic E-state index is 0.0440. The lowest BCUT2D eigenvalue weighted by Crippen LogP contribution is -2.58. The van der Waals surface area contributed by atoms with Gasteiger partial charge in [0.05, 0.1) is 25.4 Å². The van der Waals surface area contributed by atoms with E-state index in [0.29, 0.717) is 24.5 Å². The summed E-state index contributed by atoms with van der Waals surface area (Å²) < 4.78 is 28.9. The van der Waals surface area contributed by atoms with Gasteiger partial charge in [0.25, 0.3) is 0 Å². The molecule has 0 aromatic heterocycles. The van der Waals surface area contributed by atoms with Gasteiger partial charge in [0.1, 0.15) is 18.3 Å². The lowest BCUT2D eigenvalue weighted by Gasteiger charge is -2.49. The third kappa shape index (κ3) is 11.6. The number of aliphatic hydroxyl groups is 3. The molecule has 0 saturated carbocycles. The highest BCUT2D eigenvalue weighted by Gasteiger charge is 2.52. The number of hydrogen-bond donors (Lipinski definition) is 4. The molecule has 2 aliphatic rings. The predicted molar refractivity (Wildman–Crippen MR) is 186 cm³/mol. The maximum absolute atomic E-state index is 13.6. The summed E-state index contributed by atoms with van der Waals surface area (Å²) in [6, 6.07) is 0. The van der Waals surface area contributed by atoms with Gasteiger partial charge in [-0.15, -0.1) is 0 Å². The second-order valence-electron chi connectivity index (χ2n) is 13.9. The summed E-state index contributed by atoms with van der Waals surface area (Å²) in [6.07, 6.45) is 5.90. The van der Waals surface area contributed by atoms with Crippen LogP contribution in [0, 0.1) is 29.6 Å². The molecule has 0 spiro atoms. The first-order chi connectivity index (χ1) is 23.4. The van der Waals surface area contributed by atoms with Crippen LogP contribution in [0.25, 0.3) is 0 Å². The maximum atomic E-state index is 13.6. The van der Waals surface area contributed by atoms with Crippen LogP contribution in [0.4, 0.5) is 0 Å². The molecule has 282 valence electrons. The monoisotopic (exact) mass is 706 g/mol. The number of esters is 2. The molecule has 0 bridgehead atoms. The molecule has 4 N–H and O–H groups in total. The first kappa shape index (κ1) is 42.9. The number of hydrogen-bond acceptors (Lipinski definition) is 11. The van der Waals surface area contributed by atoms with E-state index in [9.17, 15) is 29.7 Å². The molecule has 1 fully saturated rings. The van der Waals surface area contributed by atoms with Crippen LogP contribution in [0.5, 0.6) is 0 Å². The number of carbonyl (C=O) groups excluding carboxylic acids is 2. The molecule has 1 unspecified atom stereocenters. The van der Waals surface area contributed by atoms with Crippen molar-refractivity contribution in [1.29, 1.82) is 0 Å². The fraction of sp³-hybridized carbons (Fsp3) is 0.658. The van der Waals surface area contributed by atoms with E-state index in [4.69, 9.17) is 28.8 Å². The topological polar surface area (TPSA) is 178 Å². The highest BCUT2D eigenvalue weighted by atomic mass is 16.6. The molecule has 0 aromatic carbocycles. The van der Waals surface area contributed by atoms with Gasteiger partial charge in [-0.1, -0.05) is 77.0 Å². The Balaban J connectivity index is 2.52. The first-order valence-electron chi connectivity index (χ1n) is 17.3. The van der Waals surface area contributed by atoms with Crippen LogP contribution >= 0.6 is 0 Å². The molecule has 12 heteroatoms. The fourth-order valence-electron chi connectivity index (χ4n) is 6.76. The number of carbonyl (C=O) groups is 3. The number of methoxy groups -OCH3 is 2.